The van der Waals surface area contributed by atoms with Crippen molar-refractivity contribution < 1.29 is 22.6 Å². The van der Waals surface area contributed by atoms with Crippen LogP contribution in [0.15, 0.2) is 77.7 Å². The molecule has 0 saturated carbocycles. The van der Waals surface area contributed by atoms with Gasteiger partial charge in [0.25, 0.3) is 0 Å². The van der Waals surface area contributed by atoms with E-state index in [0.29, 0.717) is 43.4 Å². The first kappa shape index (κ1) is 22.0. The van der Waals surface area contributed by atoms with Crippen LogP contribution in [0.5, 0.6) is 23.0 Å². The van der Waals surface area contributed by atoms with Crippen LogP contribution in [-0.2, 0) is 10.0 Å². The van der Waals surface area contributed by atoms with Gasteiger partial charge >= 0.3 is 0 Å². The number of para-hydroxylation sites is 2. The fourth-order valence-electron chi connectivity index (χ4n) is 3.64. The summed E-state index contributed by atoms with van der Waals surface area (Å²) in [5, 5.41) is 0. The highest BCUT2D eigenvalue weighted by atomic mass is 32.2. The molecule has 1 aliphatic rings. The zero-order chi connectivity index (χ0) is 22.6. The Kier molecular flexibility index (Phi) is 6.53. The average molecular weight is 455 g/mol. The van der Waals surface area contributed by atoms with E-state index in [4.69, 9.17) is 14.2 Å². The van der Waals surface area contributed by atoms with Crippen molar-refractivity contribution in [2.24, 2.45) is 0 Å². The van der Waals surface area contributed by atoms with Crippen LogP contribution in [0.2, 0.25) is 0 Å². The minimum Gasteiger partial charge on any atom is -0.497 e. The van der Waals surface area contributed by atoms with E-state index in [2.05, 4.69) is 4.90 Å². The molecule has 0 atom stereocenters. The van der Waals surface area contributed by atoms with Crippen molar-refractivity contribution in [1.82, 2.24) is 4.31 Å². The van der Waals surface area contributed by atoms with E-state index >= 15 is 0 Å². The van der Waals surface area contributed by atoms with Gasteiger partial charge in [-0.15, -0.1) is 0 Å². The molecule has 0 bridgehead atoms. The lowest BCUT2D eigenvalue weighted by atomic mass is 10.2. The zero-order valence-electron chi connectivity index (χ0n) is 18.1. The molecule has 168 valence electrons. The van der Waals surface area contributed by atoms with E-state index in [9.17, 15) is 8.42 Å². The molecule has 0 aromatic heterocycles. The third-order valence-corrected chi connectivity index (χ3v) is 7.35. The van der Waals surface area contributed by atoms with Gasteiger partial charge in [0.05, 0.1) is 19.1 Å². The number of rotatable bonds is 7. The summed E-state index contributed by atoms with van der Waals surface area (Å²) in [7, 11) is -0.364. The summed E-state index contributed by atoms with van der Waals surface area (Å²) < 4.78 is 44.1. The van der Waals surface area contributed by atoms with Crippen LogP contribution in [0, 0.1) is 0 Å². The number of hydrogen-bond donors (Lipinski definition) is 0. The number of hydrogen-bond acceptors (Lipinski definition) is 6. The number of piperazine rings is 1. The van der Waals surface area contributed by atoms with Gasteiger partial charge in [-0.05, 0) is 60.7 Å². The first-order valence-electron chi connectivity index (χ1n) is 10.3. The Morgan fingerprint density at radius 1 is 0.688 bits per heavy atom. The molecule has 0 radical (unpaired) electrons. The molecule has 4 rings (SSSR count). The van der Waals surface area contributed by atoms with Crippen molar-refractivity contribution in [3.8, 4) is 23.0 Å². The second-order valence-corrected chi connectivity index (χ2v) is 9.25. The lowest BCUT2D eigenvalue weighted by molar-refractivity contribution is 0.378. The van der Waals surface area contributed by atoms with Crippen LogP contribution in [0.3, 0.4) is 0 Å². The predicted molar refractivity (Wildman–Crippen MR) is 123 cm³/mol. The van der Waals surface area contributed by atoms with Gasteiger partial charge < -0.3 is 19.1 Å². The number of benzene rings is 3. The van der Waals surface area contributed by atoms with Gasteiger partial charge in [0.15, 0.2) is 11.5 Å². The third-order valence-electron chi connectivity index (χ3n) is 5.43. The normalized spacial score (nSPS) is 14.8. The Hall–Kier alpha value is -3.23. The molecule has 0 unspecified atom stereocenters. The number of ether oxygens (including phenoxy) is 3. The largest absolute Gasteiger partial charge is 0.497 e. The second-order valence-electron chi connectivity index (χ2n) is 7.31. The minimum absolute atomic E-state index is 0.253. The highest BCUT2D eigenvalue weighted by Gasteiger charge is 2.28. The molecule has 7 nitrogen and oxygen atoms in total. The first-order chi connectivity index (χ1) is 15.5. The summed E-state index contributed by atoms with van der Waals surface area (Å²) in [6.07, 6.45) is 0. The van der Waals surface area contributed by atoms with Crippen LogP contribution in [0.1, 0.15) is 0 Å². The molecule has 1 heterocycles. The lowest BCUT2D eigenvalue weighted by Gasteiger charge is -2.35. The number of sulfonamides is 1. The molecular formula is C24H26N2O5S. The molecule has 32 heavy (non-hydrogen) atoms. The second kappa shape index (κ2) is 9.50. The van der Waals surface area contributed by atoms with E-state index in [1.54, 1.807) is 50.6 Å². The summed E-state index contributed by atoms with van der Waals surface area (Å²) in [6.45, 7) is 2.10. The number of methoxy groups -OCH3 is 2. The third kappa shape index (κ3) is 4.66. The Morgan fingerprint density at radius 2 is 1.28 bits per heavy atom. The van der Waals surface area contributed by atoms with Gasteiger partial charge in [0.1, 0.15) is 11.5 Å². The molecule has 0 N–H and O–H groups in total. The maximum atomic E-state index is 13.1. The van der Waals surface area contributed by atoms with E-state index in [-0.39, 0.29) is 4.90 Å². The standard InChI is InChI=1S/C24H26N2O5S/c1-29-20-9-7-19(8-10-20)25-15-17-26(18-16-25)32(27,28)22-13-11-21(12-14-22)31-24-6-4-3-5-23(24)30-2/h3-14H,15-18H2,1-2H3. The van der Waals surface area contributed by atoms with E-state index < -0.39 is 10.0 Å². The molecule has 0 aliphatic carbocycles. The molecular weight excluding hydrogens is 428 g/mol. The maximum absolute atomic E-state index is 13.1. The van der Waals surface area contributed by atoms with Gasteiger partial charge in [0, 0.05) is 31.9 Å². The quantitative estimate of drug-likeness (QED) is 0.537. The van der Waals surface area contributed by atoms with Crippen molar-refractivity contribution in [2.75, 3.05) is 45.3 Å². The summed E-state index contributed by atoms with van der Waals surface area (Å²) in [6, 6.07) is 21.6. The van der Waals surface area contributed by atoms with Crippen molar-refractivity contribution in [2.45, 2.75) is 4.90 Å². The monoisotopic (exact) mass is 454 g/mol. The summed E-state index contributed by atoms with van der Waals surface area (Å²) in [5.74, 6) is 2.52. The fourth-order valence-corrected chi connectivity index (χ4v) is 5.06. The van der Waals surface area contributed by atoms with Gasteiger partial charge in [0.2, 0.25) is 10.0 Å². The van der Waals surface area contributed by atoms with Crippen molar-refractivity contribution in [3.63, 3.8) is 0 Å². The SMILES string of the molecule is COc1ccc(N2CCN(S(=O)(=O)c3ccc(Oc4ccccc4OC)cc3)CC2)cc1. The smallest absolute Gasteiger partial charge is 0.243 e. The Bertz CT molecular complexity index is 1140. The minimum atomic E-state index is -3.57. The van der Waals surface area contributed by atoms with E-state index in [1.807, 2.05) is 36.4 Å². The van der Waals surface area contributed by atoms with E-state index in [1.165, 1.54) is 4.31 Å². The van der Waals surface area contributed by atoms with Gasteiger partial charge in [-0.3, -0.25) is 0 Å². The molecule has 1 saturated heterocycles. The van der Waals surface area contributed by atoms with Crippen molar-refractivity contribution >= 4 is 15.7 Å². The van der Waals surface area contributed by atoms with Gasteiger partial charge in [-0.1, -0.05) is 12.1 Å². The molecule has 8 heteroatoms. The summed E-state index contributed by atoms with van der Waals surface area (Å²) >= 11 is 0. The Labute approximate surface area is 188 Å². The first-order valence-corrected chi connectivity index (χ1v) is 11.8. The molecule has 1 fully saturated rings. The predicted octanol–water partition coefficient (Wildman–Crippen LogP) is 4.01. The maximum Gasteiger partial charge on any atom is 0.243 e. The lowest BCUT2D eigenvalue weighted by Crippen LogP contribution is -2.48. The molecule has 3 aromatic carbocycles. The summed E-state index contributed by atoms with van der Waals surface area (Å²) in [5.41, 5.74) is 1.06. The van der Waals surface area contributed by atoms with Gasteiger partial charge in [-0.25, -0.2) is 8.42 Å². The van der Waals surface area contributed by atoms with Crippen LogP contribution in [0.25, 0.3) is 0 Å². The molecule has 0 spiro atoms. The average Bonchev–Trinajstić information content (AvgIpc) is 2.85. The van der Waals surface area contributed by atoms with Crippen LogP contribution >= 0.6 is 0 Å². The number of anilines is 1. The highest BCUT2D eigenvalue weighted by molar-refractivity contribution is 7.89. The van der Waals surface area contributed by atoms with Crippen LogP contribution in [0.4, 0.5) is 5.69 Å². The van der Waals surface area contributed by atoms with E-state index in [0.717, 1.165) is 11.4 Å². The Morgan fingerprint density at radius 3 is 1.88 bits per heavy atom. The number of nitrogens with zero attached hydrogens (tertiary/aromatic N) is 2. The molecule has 0 amide bonds. The topological polar surface area (TPSA) is 68.3 Å². The highest BCUT2D eigenvalue weighted by Crippen LogP contribution is 2.31. The van der Waals surface area contributed by atoms with Gasteiger partial charge in [-0.2, -0.15) is 4.31 Å². The Balaban J connectivity index is 1.41. The van der Waals surface area contributed by atoms with Crippen molar-refractivity contribution in [1.29, 1.82) is 0 Å². The fraction of sp³-hybridized carbons (Fsp3) is 0.250. The van der Waals surface area contributed by atoms with Crippen LogP contribution < -0.4 is 19.1 Å². The molecule has 3 aromatic rings. The zero-order valence-corrected chi connectivity index (χ0v) is 18.9. The van der Waals surface area contributed by atoms with Crippen molar-refractivity contribution in [3.05, 3.63) is 72.8 Å². The van der Waals surface area contributed by atoms with Crippen LogP contribution in [-0.4, -0.2) is 53.1 Å². The molecule has 1 aliphatic heterocycles. The summed E-state index contributed by atoms with van der Waals surface area (Å²) in [4.78, 5) is 2.43.